The van der Waals surface area contributed by atoms with E-state index in [1.165, 1.54) is 17.0 Å². The van der Waals surface area contributed by atoms with Crippen LogP contribution in [0.5, 0.6) is 5.75 Å². The van der Waals surface area contributed by atoms with Gasteiger partial charge in [-0.15, -0.1) is 0 Å². The van der Waals surface area contributed by atoms with Crippen molar-refractivity contribution in [2.24, 2.45) is 22.6 Å². The van der Waals surface area contributed by atoms with Crippen molar-refractivity contribution in [3.8, 4) is 5.75 Å². The third-order valence-electron chi connectivity index (χ3n) is 6.00. The van der Waals surface area contributed by atoms with Crippen LogP contribution in [0.25, 0.3) is 0 Å². The molecule has 3 N–H and O–H groups in total. The van der Waals surface area contributed by atoms with Crippen LogP contribution >= 0.6 is 0 Å². The molecule has 3 atom stereocenters. The van der Waals surface area contributed by atoms with Gasteiger partial charge in [0.25, 0.3) is 0 Å². The molecule has 1 saturated carbocycles. The number of guanidine groups is 1. The highest BCUT2D eigenvalue weighted by molar-refractivity contribution is 5.99. The van der Waals surface area contributed by atoms with Crippen molar-refractivity contribution in [2.45, 2.75) is 64.1 Å². The molecule has 8 heteroatoms. The number of nitrogens with two attached hydrogens (primary N) is 1. The average molecular weight is 416 g/mol. The Morgan fingerprint density at radius 3 is 2.80 bits per heavy atom. The van der Waals surface area contributed by atoms with E-state index in [2.05, 4.69) is 10.3 Å². The Balaban J connectivity index is 1.41. The first-order valence-corrected chi connectivity index (χ1v) is 10.4. The first kappa shape index (κ1) is 20.6. The second-order valence-corrected chi connectivity index (χ2v) is 9.88. The summed E-state index contributed by atoms with van der Waals surface area (Å²) in [5.41, 5.74) is 5.78. The summed E-state index contributed by atoms with van der Waals surface area (Å²) < 4.78 is 19.5. The molecule has 1 aromatic rings. The highest BCUT2D eigenvalue weighted by Gasteiger charge is 2.47. The van der Waals surface area contributed by atoms with Crippen molar-refractivity contribution >= 4 is 17.8 Å². The Labute approximate surface area is 175 Å². The molecule has 0 radical (unpaired) electrons. The van der Waals surface area contributed by atoms with Gasteiger partial charge >= 0.3 is 0 Å². The van der Waals surface area contributed by atoms with Crippen molar-refractivity contribution in [1.29, 1.82) is 0 Å². The Morgan fingerprint density at radius 2 is 2.10 bits per heavy atom. The van der Waals surface area contributed by atoms with E-state index < -0.39 is 11.1 Å². The van der Waals surface area contributed by atoms with E-state index in [1.54, 1.807) is 6.07 Å². The Morgan fingerprint density at radius 1 is 1.37 bits per heavy atom. The predicted octanol–water partition coefficient (Wildman–Crippen LogP) is 2.51. The van der Waals surface area contributed by atoms with Crippen molar-refractivity contribution < 1.29 is 18.7 Å². The third-order valence-corrected chi connectivity index (χ3v) is 6.00. The van der Waals surface area contributed by atoms with Gasteiger partial charge in [0.2, 0.25) is 11.8 Å². The van der Waals surface area contributed by atoms with E-state index >= 15 is 0 Å². The lowest BCUT2D eigenvalue weighted by Crippen LogP contribution is -2.50. The van der Waals surface area contributed by atoms with Crippen molar-refractivity contribution in [1.82, 2.24) is 10.2 Å². The minimum atomic E-state index is -0.514. The van der Waals surface area contributed by atoms with Crippen LogP contribution in [0.4, 0.5) is 4.39 Å². The summed E-state index contributed by atoms with van der Waals surface area (Å²) in [6.07, 6.45) is 1.60. The number of hydrogen-bond acceptors (Lipinski definition) is 5. The molecule has 7 nitrogen and oxygen atoms in total. The van der Waals surface area contributed by atoms with Gasteiger partial charge in [-0.05, 0) is 46.1 Å². The molecule has 1 fully saturated rings. The standard InChI is InChI=1S/C22H29FN4O3/c1-21(2)10-18(28)27(20(24)26-21)11-12-7-15(12)19(29)25-16-9-22(3,4)30-17-8-13(23)5-6-14(16)17/h5-6,8,12,15-16H,7,9-11H2,1-4H3,(H2,24,26)(H,25,29)/t12-,15+,16?/m0/s1. The summed E-state index contributed by atoms with van der Waals surface area (Å²) in [4.78, 5) is 31.2. The van der Waals surface area contributed by atoms with Gasteiger partial charge in [-0.1, -0.05) is 6.07 Å². The number of amides is 2. The summed E-state index contributed by atoms with van der Waals surface area (Å²) in [5, 5.41) is 3.11. The van der Waals surface area contributed by atoms with Gasteiger partial charge in [0.05, 0.1) is 18.0 Å². The lowest BCUT2D eigenvalue weighted by Gasteiger charge is -2.38. The maximum Gasteiger partial charge on any atom is 0.231 e. The molecule has 30 heavy (non-hydrogen) atoms. The first-order valence-electron chi connectivity index (χ1n) is 10.4. The van der Waals surface area contributed by atoms with Crippen LogP contribution in [0, 0.1) is 17.7 Å². The summed E-state index contributed by atoms with van der Waals surface area (Å²) in [6.45, 7) is 8.00. The number of nitrogens with zero attached hydrogens (tertiary/aromatic N) is 2. The molecule has 2 amide bonds. The van der Waals surface area contributed by atoms with E-state index in [0.29, 0.717) is 31.6 Å². The fourth-order valence-corrected chi connectivity index (χ4v) is 4.44. The molecular formula is C22H29FN4O3. The first-order chi connectivity index (χ1) is 13.9. The maximum atomic E-state index is 13.6. The topological polar surface area (TPSA) is 97.0 Å². The summed E-state index contributed by atoms with van der Waals surface area (Å²) in [5.74, 6) is 0.102. The van der Waals surface area contributed by atoms with E-state index in [4.69, 9.17) is 10.5 Å². The quantitative estimate of drug-likeness (QED) is 0.788. The zero-order valence-corrected chi connectivity index (χ0v) is 17.9. The molecule has 1 aliphatic carbocycles. The molecular weight excluding hydrogens is 387 g/mol. The van der Waals surface area contributed by atoms with Gasteiger partial charge in [0.1, 0.15) is 17.2 Å². The van der Waals surface area contributed by atoms with Gasteiger partial charge in [0.15, 0.2) is 5.96 Å². The number of aliphatic imine (C=N–C) groups is 1. The van der Waals surface area contributed by atoms with Crippen LogP contribution < -0.4 is 15.8 Å². The number of rotatable bonds is 4. The summed E-state index contributed by atoms with van der Waals surface area (Å²) in [7, 11) is 0. The van der Waals surface area contributed by atoms with Crippen LogP contribution in [-0.4, -0.2) is 40.4 Å². The lowest BCUT2D eigenvalue weighted by atomic mass is 9.89. The minimum Gasteiger partial charge on any atom is -0.487 e. The maximum absolute atomic E-state index is 13.6. The zero-order valence-electron chi connectivity index (χ0n) is 17.9. The highest BCUT2D eigenvalue weighted by Crippen LogP contribution is 2.43. The second kappa shape index (κ2) is 6.96. The summed E-state index contributed by atoms with van der Waals surface area (Å²) in [6, 6.07) is 4.16. The van der Waals surface area contributed by atoms with Crippen LogP contribution in [0.15, 0.2) is 23.2 Å². The van der Waals surface area contributed by atoms with E-state index in [1.807, 2.05) is 27.7 Å². The summed E-state index contributed by atoms with van der Waals surface area (Å²) >= 11 is 0. The molecule has 2 aliphatic heterocycles. The zero-order chi connectivity index (χ0) is 21.8. The molecule has 0 aromatic heterocycles. The fourth-order valence-electron chi connectivity index (χ4n) is 4.44. The molecule has 0 spiro atoms. The van der Waals surface area contributed by atoms with Crippen molar-refractivity contribution in [3.63, 3.8) is 0 Å². The van der Waals surface area contributed by atoms with E-state index in [-0.39, 0.29) is 41.5 Å². The van der Waals surface area contributed by atoms with Gasteiger partial charge in [-0.25, -0.2) is 9.38 Å². The lowest BCUT2D eigenvalue weighted by molar-refractivity contribution is -0.130. The van der Waals surface area contributed by atoms with E-state index in [0.717, 1.165) is 5.56 Å². The van der Waals surface area contributed by atoms with Gasteiger partial charge in [0, 0.05) is 30.5 Å². The molecule has 162 valence electrons. The predicted molar refractivity (Wildman–Crippen MR) is 110 cm³/mol. The van der Waals surface area contributed by atoms with Crippen LogP contribution in [0.1, 0.15) is 58.6 Å². The Hall–Kier alpha value is -2.64. The largest absolute Gasteiger partial charge is 0.487 e. The van der Waals surface area contributed by atoms with E-state index in [9.17, 15) is 14.0 Å². The normalized spacial score (nSPS) is 28.8. The number of benzene rings is 1. The highest BCUT2D eigenvalue weighted by atomic mass is 19.1. The van der Waals surface area contributed by atoms with Gasteiger partial charge in [-0.2, -0.15) is 0 Å². The fraction of sp³-hybridized carbons (Fsp3) is 0.591. The number of halogens is 1. The smallest absolute Gasteiger partial charge is 0.231 e. The number of nitrogens with one attached hydrogen (secondary N) is 1. The second-order valence-electron chi connectivity index (χ2n) is 9.88. The molecule has 1 unspecified atom stereocenters. The van der Waals surface area contributed by atoms with Crippen molar-refractivity contribution in [3.05, 3.63) is 29.6 Å². The number of ether oxygens (including phenoxy) is 1. The van der Waals surface area contributed by atoms with Crippen molar-refractivity contribution in [2.75, 3.05) is 6.54 Å². The minimum absolute atomic E-state index is 0.0549. The molecule has 1 aromatic carbocycles. The average Bonchev–Trinajstić information content (AvgIpc) is 3.35. The number of hydrogen-bond donors (Lipinski definition) is 2. The number of fused-ring (bicyclic) bond motifs is 1. The third kappa shape index (κ3) is 4.13. The SMILES string of the molecule is CC1(C)CC(=O)N(C[C@@H]2C[C@H]2C(=O)NC2CC(C)(C)Oc3cc(F)ccc32)C(N)=N1. The van der Waals surface area contributed by atoms with Crippen LogP contribution in [-0.2, 0) is 9.59 Å². The molecule has 4 rings (SSSR count). The van der Waals surface area contributed by atoms with Crippen LogP contribution in [0.3, 0.4) is 0 Å². The van der Waals surface area contributed by atoms with Gasteiger partial charge in [-0.3, -0.25) is 14.5 Å². The monoisotopic (exact) mass is 416 g/mol. The number of carbonyl (C=O) groups excluding carboxylic acids is 2. The Kier molecular flexibility index (Phi) is 4.78. The van der Waals surface area contributed by atoms with Crippen LogP contribution in [0.2, 0.25) is 0 Å². The molecule has 0 saturated heterocycles. The van der Waals surface area contributed by atoms with Gasteiger partial charge < -0.3 is 15.8 Å². The number of carbonyl (C=O) groups is 2. The molecule has 0 bridgehead atoms. The molecule has 2 heterocycles. The molecule has 3 aliphatic rings. The Bertz CT molecular complexity index is 927.